The van der Waals surface area contributed by atoms with Crippen molar-refractivity contribution in [2.45, 2.75) is 18.9 Å². The van der Waals surface area contributed by atoms with E-state index in [2.05, 4.69) is 5.32 Å². The van der Waals surface area contributed by atoms with Crippen LogP contribution >= 0.6 is 0 Å². The van der Waals surface area contributed by atoms with Gasteiger partial charge in [-0.25, -0.2) is 0 Å². The number of hydrogen-bond acceptors (Lipinski definition) is 4. The molecule has 1 rings (SSSR count). The molecule has 1 aromatic carbocycles. The molecule has 3 N–H and O–H groups in total. The second kappa shape index (κ2) is 8.50. The summed E-state index contributed by atoms with van der Waals surface area (Å²) < 4.78 is 10.1. The van der Waals surface area contributed by atoms with Gasteiger partial charge in [0.1, 0.15) is 5.75 Å². The Morgan fingerprint density at radius 1 is 1.37 bits per heavy atom. The Hall–Kier alpha value is -1.59. The van der Waals surface area contributed by atoms with Crippen molar-refractivity contribution in [1.82, 2.24) is 5.32 Å². The highest BCUT2D eigenvalue weighted by atomic mass is 16.5. The summed E-state index contributed by atoms with van der Waals surface area (Å²) in [4.78, 5) is 11.8. The number of ether oxygens (including phenoxy) is 2. The fourth-order valence-corrected chi connectivity index (χ4v) is 1.78. The van der Waals surface area contributed by atoms with Gasteiger partial charge in [-0.15, -0.1) is 0 Å². The number of nitrogens with two attached hydrogens (primary N) is 1. The highest BCUT2D eigenvalue weighted by Crippen LogP contribution is 2.17. The highest BCUT2D eigenvalue weighted by Gasteiger charge is 2.08. The molecule has 0 radical (unpaired) electrons. The number of benzene rings is 1. The molecule has 0 aliphatic carbocycles. The summed E-state index contributed by atoms with van der Waals surface area (Å²) in [7, 11) is 3.21. The van der Waals surface area contributed by atoms with Crippen LogP contribution in [-0.2, 0) is 16.0 Å². The second-order valence-corrected chi connectivity index (χ2v) is 4.34. The summed E-state index contributed by atoms with van der Waals surface area (Å²) >= 11 is 0. The molecular weight excluding hydrogens is 244 g/mol. The van der Waals surface area contributed by atoms with Gasteiger partial charge in [0.05, 0.1) is 20.1 Å². The number of nitrogens with one attached hydrogen (secondary N) is 1. The van der Waals surface area contributed by atoms with Crippen LogP contribution in [0.1, 0.15) is 12.0 Å². The van der Waals surface area contributed by atoms with Gasteiger partial charge in [0.15, 0.2) is 0 Å². The largest absolute Gasteiger partial charge is 0.496 e. The minimum Gasteiger partial charge on any atom is -0.496 e. The van der Waals surface area contributed by atoms with Crippen LogP contribution < -0.4 is 15.8 Å². The first-order chi connectivity index (χ1) is 9.17. The maximum Gasteiger partial charge on any atom is 0.224 e. The molecule has 0 heterocycles. The smallest absolute Gasteiger partial charge is 0.224 e. The standard InChI is InChI=1S/C14H22N2O3/c1-18-10-12(15)7-8-16-14(17)9-11-5-3-4-6-13(11)19-2/h3-6,12H,7-10,15H2,1-2H3,(H,16,17). The average Bonchev–Trinajstić information content (AvgIpc) is 2.39. The van der Waals surface area contributed by atoms with Crippen molar-refractivity contribution in [3.8, 4) is 5.75 Å². The molecular formula is C14H22N2O3. The summed E-state index contributed by atoms with van der Waals surface area (Å²) in [5.41, 5.74) is 6.65. The fourth-order valence-electron chi connectivity index (χ4n) is 1.78. The number of rotatable bonds is 8. The van der Waals surface area contributed by atoms with Crippen LogP contribution in [-0.4, -0.2) is 39.3 Å². The van der Waals surface area contributed by atoms with Gasteiger partial charge in [-0.05, 0) is 12.5 Å². The van der Waals surface area contributed by atoms with E-state index in [1.165, 1.54) is 0 Å². The first kappa shape index (κ1) is 15.5. The first-order valence-corrected chi connectivity index (χ1v) is 6.30. The summed E-state index contributed by atoms with van der Waals surface area (Å²) in [5, 5.41) is 2.84. The summed E-state index contributed by atoms with van der Waals surface area (Å²) in [6.07, 6.45) is 1.01. The van der Waals surface area contributed by atoms with Gasteiger partial charge in [-0.2, -0.15) is 0 Å². The van der Waals surface area contributed by atoms with Crippen molar-refractivity contribution in [2.24, 2.45) is 5.73 Å². The van der Waals surface area contributed by atoms with Gasteiger partial charge in [0.25, 0.3) is 0 Å². The molecule has 0 aromatic heterocycles. The predicted octanol–water partition coefficient (Wildman–Crippen LogP) is 0.718. The molecule has 5 heteroatoms. The SMILES string of the molecule is COCC(N)CCNC(=O)Cc1ccccc1OC. The minimum atomic E-state index is -0.0449. The third-order valence-electron chi connectivity index (χ3n) is 2.76. The van der Waals surface area contributed by atoms with Crippen molar-refractivity contribution in [3.05, 3.63) is 29.8 Å². The molecule has 0 aliphatic rings. The van der Waals surface area contributed by atoms with E-state index >= 15 is 0 Å². The van der Waals surface area contributed by atoms with E-state index in [0.29, 0.717) is 26.0 Å². The van der Waals surface area contributed by atoms with Gasteiger partial charge in [0, 0.05) is 25.3 Å². The Bertz CT molecular complexity index is 396. The molecule has 1 unspecified atom stereocenters. The third-order valence-corrected chi connectivity index (χ3v) is 2.76. The van der Waals surface area contributed by atoms with Crippen LogP contribution in [0.25, 0.3) is 0 Å². The van der Waals surface area contributed by atoms with E-state index in [0.717, 1.165) is 11.3 Å². The minimum absolute atomic E-state index is 0.0332. The molecule has 1 amide bonds. The van der Waals surface area contributed by atoms with Crippen LogP contribution in [0.3, 0.4) is 0 Å². The predicted molar refractivity (Wildman–Crippen MR) is 74.2 cm³/mol. The zero-order valence-corrected chi connectivity index (χ0v) is 11.5. The Balaban J connectivity index is 2.35. The lowest BCUT2D eigenvalue weighted by molar-refractivity contribution is -0.120. The first-order valence-electron chi connectivity index (χ1n) is 6.30. The van der Waals surface area contributed by atoms with Gasteiger partial charge >= 0.3 is 0 Å². The number of para-hydroxylation sites is 1. The molecule has 1 atom stereocenters. The number of hydrogen-bond donors (Lipinski definition) is 2. The van der Waals surface area contributed by atoms with E-state index in [-0.39, 0.29) is 11.9 Å². The maximum absolute atomic E-state index is 11.8. The lowest BCUT2D eigenvalue weighted by Gasteiger charge is -2.12. The van der Waals surface area contributed by atoms with Crippen molar-refractivity contribution < 1.29 is 14.3 Å². The van der Waals surface area contributed by atoms with E-state index < -0.39 is 0 Å². The Morgan fingerprint density at radius 3 is 2.79 bits per heavy atom. The van der Waals surface area contributed by atoms with Crippen LogP contribution in [0.4, 0.5) is 0 Å². The van der Waals surface area contributed by atoms with Crippen LogP contribution in [0, 0.1) is 0 Å². The molecule has 5 nitrogen and oxygen atoms in total. The molecule has 0 spiro atoms. The van der Waals surface area contributed by atoms with Gasteiger partial charge in [-0.3, -0.25) is 4.79 Å². The van der Waals surface area contributed by atoms with Crippen molar-refractivity contribution >= 4 is 5.91 Å². The third kappa shape index (κ3) is 5.72. The van der Waals surface area contributed by atoms with Crippen LogP contribution in [0.15, 0.2) is 24.3 Å². The molecule has 106 valence electrons. The van der Waals surface area contributed by atoms with E-state index in [1.54, 1.807) is 14.2 Å². The second-order valence-electron chi connectivity index (χ2n) is 4.34. The molecule has 19 heavy (non-hydrogen) atoms. The van der Waals surface area contributed by atoms with E-state index in [1.807, 2.05) is 24.3 Å². The highest BCUT2D eigenvalue weighted by molar-refractivity contribution is 5.79. The maximum atomic E-state index is 11.8. The number of carbonyl (C=O) groups excluding carboxylic acids is 1. The van der Waals surface area contributed by atoms with Crippen LogP contribution in [0.5, 0.6) is 5.75 Å². The normalized spacial score (nSPS) is 11.9. The molecule has 0 bridgehead atoms. The van der Waals surface area contributed by atoms with Gasteiger partial charge in [0.2, 0.25) is 5.91 Å². The zero-order chi connectivity index (χ0) is 14.1. The van der Waals surface area contributed by atoms with E-state index in [4.69, 9.17) is 15.2 Å². The van der Waals surface area contributed by atoms with Gasteiger partial charge in [-0.1, -0.05) is 18.2 Å². The zero-order valence-electron chi connectivity index (χ0n) is 11.5. The Morgan fingerprint density at radius 2 is 2.11 bits per heavy atom. The molecule has 0 aliphatic heterocycles. The monoisotopic (exact) mass is 266 g/mol. The molecule has 0 saturated carbocycles. The quantitative estimate of drug-likeness (QED) is 0.727. The molecule has 0 saturated heterocycles. The number of carbonyl (C=O) groups is 1. The molecule has 1 aromatic rings. The Labute approximate surface area is 114 Å². The molecule has 0 fully saturated rings. The fraction of sp³-hybridized carbons (Fsp3) is 0.500. The summed E-state index contributed by atoms with van der Waals surface area (Å²) in [6.45, 7) is 1.06. The number of amides is 1. The van der Waals surface area contributed by atoms with Crippen molar-refractivity contribution in [1.29, 1.82) is 0 Å². The number of methoxy groups -OCH3 is 2. The van der Waals surface area contributed by atoms with Crippen LogP contribution in [0.2, 0.25) is 0 Å². The van der Waals surface area contributed by atoms with Crippen molar-refractivity contribution in [3.63, 3.8) is 0 Å². The average molecular weight is 266 g/mol. The van der Waals surface area contributed by atoms with Crippen molar-refractivity contribution in [2.75, 3.05) is 27.4 Å². The Kier molecular flexibility index (Phi) is 6.92. The lowest BCUT2D eigenvalue weighted by Crippen LogP contribution is -2.33. The topological polar surface area (TPSA) is 73.6 Å². The summed E-state index contributed by atoms with van der Waals surface area (Å²) in [5.74, 6) is 0.697. The van der Waals surface area contributed by atoms with Gasteiger partial charge < -0.3 is 20.5 Å². The summed E-state index contributed by atoms with van der Waals surface area (Å²) in [6, 6.07) is 7.45. The lowest BCUT2D eigenvalue weighted by atomic mass is 10.1. The van der Waals surface area contributed by atoms with E-state index in [9.17, 15) is 4.79 Å².